The zero-order chi connectivity index (χ0) is 11.8. The highest BCUT2D eigenvalue weighted by Gasteiger charge is 2.21. The zero-order valence-electron chi connectivity index (χ0n) is 9.45. The highest BCUT2D eigenvalue weighted by molar-refractivity contribution is 5.85. The molecule has 88 valence electrons. The Labute approximate surface area is 89.8 Å². The van der Waals surface area contributed by atoms with E-state index in [9.17, 15) is 9.59 Å². The number of carboxylic acids is 1. The Kier molecular flexibility index (Phi) is 6.70. The van der Waals surface area contributed by atoms with Crippen LogP contribution in [-0.4, -0.2) is 36.2 Å². The Morgan fingerprint density at radius 2 is 2.07 bits per heavy atom. The van der Waals surface area contributed by atoms with Crippen LogP contribution in [0.5, 0.6) is 0 Å². The second kappa shape index (κ2) is 7.23. The minimum atomic E-state index is -1.000. The van der Waals surface area contributed by atoms with E-state index in [-0.39, 0.29) is 5.91 Å². The molecule has 0 aromatic rings. The van der Waals surface area contributed by atoms with Crippen LogP contribution in [-0.2, 0) is 14.3 Å². The maximum absolute atomic E-state index is 11.4. The molecule has 0 rings (SSSR count). The summed E-state index contributed by atoms with van der Waals surface area (Å²) in [6, 6.07) is -0.810. The number of carbonyl (C=O) groups excluding carboxylic acids is 1. The number of amides is 1. The first-order valence-electron chi connectivity index (χ1n) is 5.08. The van der Waals surface area contributed by atoms with Crippen LogP contribution in [0.4, 0.5) is 0 Å². The van der Waals surface area contributed by atoms with Gasteiger partial charge in [0, 0.05) is 7.11 Å². The molecule has 0 heterocycles. The fourth-order valence-electron chi connectivity index (χ4n) is 1.06. The molecule has 5 nitrogen and oxygen atoms in total. The lowest BCUT2D eigenvalue weighted by Crippen LogP contribution is -2.45. The first kappa shape index (κ1) is 13.9. The lowest BCUT2D eigenvalue weighted by molar-refractivity contribution is -0.143. The number of aliphatic carboxylic acids is 1. The summed E-state index contributed by atoms with van der Waals surface area (Å²) < 4.78 is 4.79. The van der Waals surface area contributed by atoms with Gasteiger partial charge in [0.15, 0.2) is 0 Å². The van der Waals surface area contributed by atoms with Crippen molar-refractivity contribution < 1.29 is 19.4 Å². The van der Waals surface area contributed by atoms with E-state index >= 15 is 0 Å². The number of carbonyl (C=O) groups is 2. The Morgan fingerprint density at radius 1 is 1.47 bits per heavy atom. The molecule has 0 bridgehead atoms. The highest BCUT2D eigenvalue weighted by atomic mass is 16.5. The first-order valence-corrected chi connectivity index (χ1v) is 5.08. The predicted octanol–water partition coefficient (Wildman–Crippen LogP) is 0.781. The quantitative estimate of drug-likeness (QED) is 0.660. The van der Waals surface area contributed by atoms with Gasteiger partial charge in [0.1, 0.15) is 12.1 Å². The Hall–Kier alpha value is -1.10. The Bertz CT molecular complexity index is 217. The van der Waals surface area contributed by atoms with Crippen LogP contribution >= 0.6 is 0 Å². The minimum Gasteiger partial charge on any atom is -0.480 e. The summed E-state index contributed by atoms with van der Waals surface area (Å²) in [6.45, 7) is 3.55. The molecule has 15 heavy (non-hydrogen) atoms. The van der Waals surface area contributed by atoms with Crippen molar-refractivity contribution in [2.24, 2.45) is 0 Å². The van der Waals surface area contributed by atoms with Gasteiger partial charge in [0.2, 0.25) is 5.91 Å². The van der Waals surface area contributed by atoms with Gasteiger partial charge in [-0.3, -0.25) is 4.79 Å². The number of ether oxygens (including phenoxy) is 1. The van der Waals surface area contributed by atoms with Crippen LogP contribution < -0.4 is 5.32 Å². The van der Waals surface area contributed by atoms with Crippen molar-refractivity contribution in [2.75, 3.05) is 7.11 Å². The SMILES string of the molecule is CCCCC(NC(=O)C(C)OC)C(=O)O. The summed E-state index contributed by atoms with van der Waals surface area (Å²) in [7, 11) is 1.41. The van der Waals surface area contributed by atoms with Crippen molar-refractivity contribution in [1.82, 2.24) is 5.32 Å². The second-order valence-electron chi connectivity index (χ2n) is 3.42. The van der Waals surface area contributed by atoms with Gasteiger partial charge in [-0.25, -0.2) is 4.79 Å². The van der Waals surface area contributed by atoms with Crippen LogP contribution in [0.1, 0.15) is 33.1 Å². The lowest BCUT2D eigenvalue weighted by Gasteiger charge is -2.16. The Morgan fingerprint density at radius 3 is 2.47 bits per heavy atom. The summed E-state index contributed by atoms with van der Waals surface area (Å²) in [4.78, 5) is 22.1. The number of carboxylic acid groups (broad SMARTS) is 1. The molecule has 0 spiro atoms. The first-order chi connectivity index (χ1) is 7.02. The molecule has 0 radical (unpaired) electrons. The molecule has 0 aliphatic rings. The molecule has 0 aliphatic carbocycles. The van der Waals surface area contributed by atoms with Crippen molar-refractivity contribution in [2.45, 2.75) is 45.3 Å². The lowest BCUT2D eigenvalue weighted by atomic mass is 10.1. The maximum Gasteiger partial charge on any atom is 0.326 e. The smallest absolute Gasteiger partial charge is 0.326 e. The fraction of sp³-hybridized carbons (Fsp3) is 0.800. The summed E-state index contributed by atoms with van der Waals surface area (Å²) in [5, 5.41) is 11.3. The van der Waals surface area contributed by atoms with Crippen LogP contribution in [0, 0.1) is 0 Å². The number of unbranched alkanes of at least 4 members (excludes halogenated alkanes) is 1. The molecular weight excluding hydrogens is 198 g/mol. The van der Waals surface area contributed by atoms with Crippen LogP contribution in [0.25, 0.3) is 0 Å². The van der Waals surface area contributed by atoms with E-state index in [2.05, 4.69) is 5.32 Å². The third-order valence-corrected chi connectivity index (χ3v) is 2.18. The third kappa shape index (κ3) is 5.37. The number of hydrogen-bond donors (Lipinski definition) is 2. The number of methoxy groups -OCH3 is 1. The van der Waals surface area contributed by atoms with Crippen LogP contribution in [0.2, 0.25) is 0 Å². The normalized spacial score (nSPS) is 14.3. The number of hydrogen-bond acceptors (Lipinski definition) is 3. The zero-order valence-corrected chi connectivity index (χ0v) is 9.45. The van der Waals surface area contributed by atoms with E-state index < -0.39 is 18.1 Å². The fourth-order valence-corrected chi connectivity index (χ4v) is 1.06. The van der Waals surface area contributed by atoms with Gasteiger partial charge < -0.3 is 15.2 Å². The van der Waals surface area contributed by atoms with Gasteiger partial charge in [0.05, 0.1) is 0 Å². The van der Waals surface area contributed by atoms with Crippen molar-refractivity contribution in [3.05, 3.63) is 0 Å². The average molecular weight is 217 g/mol. The summed E-state index contributed by atoms with van der Waals surface area (Å²) in [6.07, 6.45) is 1.51. The minimum absolute atomic E-state index is 0.388. The van der Waals surface area contributed by atoms with Crippen molar-refractivity contribution in [1.29, 1.82) is 0 Å². The molecule has 0 saturated heterocycles. The van der Waals surface area contributed by atoms with E-state index in [0.717, 1.165) is 12.8 Å². The molecule has 2 atom stereocenters. The highest BCUT2D eigenvalue weighted by Crippen LogP contribution is 2.01. The summed E-state index contributed by atoms with van der Waals surface area (Å²) in [5.74, 6) is -1.39. The largest absolute Gasteiger partial charge is 0.480 e. The summed E-state index contributed by atoms with van der Waals surface area (Å²) >= 11 is 0. The number of nitrogens with one attached hydrogen (secondary N) is 1. The van der Waals surface area contributed by atoms with Crippen molar-refractivity contribution in [3.8, 4) is 0 Å². The standard InChI is InChI=1S/C10H19NO4/c1-4-5-6-8(10(13)14)11-9(12)7(2)15-3/h7-8H,4-6H2,1-3H3,(H,11,12)(H,13,14). The van der Waals surface area contributed by atoms with Gasteiger partial charge in [0.25, 0.3) is 0 Å². The molecule has 1 amide bonds. The van der Waals surface area contributed by atoms with E-state index in [4.69, 9.17) is 9.84 Å². The molecule has 5 heteroatoms. The molecule has 0 saturated carbocycles. The second-order valence-corrected chi connectivity index (χ2v) is 3.42. The van der Waals surface area contributed by atoms with Crippen molar-refractivity contribution in [3.63, 3.8) is 0 Å². The van der Waals surface area contributed by atoms with Gasteiger partial charge in [-0.1, -0.05) is 19.8 Å². The van der Waals surface area contributed by atoms with Gasteiger partial charge in [-0.15, -0.1) is 0 Å². The molecular formula is C10H19NO4. The van der Waals surface area contributed by atoms with Gasteiger partial charge in [-0.2, -0.15) is 0 Å². The molecule has 0 fully saturated rings. The maximum atomic E-state index is 11.4. The monoisotopic (exact) mass is 217 g/mol. The summed E-state index contributed by atoms with van der Waals surface area (Å²) in [5.41, 5.74) is 0. The van der Waals surface area contributed by atoms with Crippen LogP contribution in [0.3, 0.4) is 0 Å². The molecule has 0 aliphatic heterocycles. The third-order valence-electron chi connectivity index (χ3n) is 2.18. The predicted molar refractivity (Wildman–Crippen MR) is 55.6 cm³/mol. The molecule has 2 N–H and O–H groups in total. The van der Waals surface area contributed by atoms with E-state index in [1.54, 1.807) is 6.92 Å². The van der Waals surface area contributed by atoms with Crippen molar-refractivity contribution >= 4 is 11.9 Å². The molecule has 0 aromatic heterocycles. The average Bonchev–Trinajstić information content (AvgIpc) is 2.22. The van der Waals surface area contributed by atoms with E-state index in [0.29, 0.717) is 6.42 Å². The molecule has 2 unspecified atom stereocenters. The topological polar surface area (TPSA) is 75.6 Å². The molecule has 0 aromatic carbocycles. The van der Waals surface area contributed by atoms with Gasteiger partial charge in [-0.05, 0) is 13.3 Å². The van der Waals surface area contributed by atoms with E-state index in [1.165, 1.54) is 7.11 Å². The Balaban J connectivity index is 4.16. The van der Waals surface area contributed by atoms with E-state index in [1.807, 2.05) is 6.92 Å². The number of rotatable bonds is 7. The van der Waals surface area contributed by atoms with Crippen LogP contribution in [0.15, 0.2) is 0 Å². The van der Waals surface area contributed by atoms with Gasteiger partial charge >= 0.3 is 5.97 Å².